The second kappa shape index (κ2) is 5.13. The number of imidazole rings is 1. The lowest BCUT2D eigenvalue weighted by Gasteiger charge is -2.16. The fourth-order valence-electron chi connectivity index (χ4n) is 2.12. The predicted molar refractivity (Wildman–Crippen MR) is 77.5 cm³/mol. The van der Waals surface area contributed by atoms with Gasteiger partial charge in [0.2, 0.25) is 0 Å². The number of rotatable bonds is 1. The number of halogens is 1. The highest BCUT2D eigenvalue weighted by atomic mass is 127. The normalized spacial score (nSPS) is 29.4. The van der Waals surface area contributed by atoms with Gasteiger partial charge in [0.05, 0.1) is 6.33 Å². The summed E-state index contributed by atoms with van der Waals surface area (Å²) in [5.74, 6) is 2.93. The average Bonchev–Trinajstić information content (AvgIpc) is 2.97. The summed E-state index contributed by atoms with van der Waals surface area (Å²) in [6.07, 6.45) is -1.08. The van der Waals surface area contributed by atoms with Gasteiger partial charge in [-0.3, -0.25) is 4.57 Å². The molecule has 3 rings (SSSR count). The van der Waals surface area contributed by atoms with Crippen molar-refractivity contribution in [2.75, 3.05) is 5.73 Å². The molecule has 0 bridgehead atoms. The van der Waals surface area contributed by atoms with Crippen LogP contribution in [0.1, 0.15) is 6.23 Å². The van der Waals surface area contributed by atoms with E-state index in [1.54, 1.807) is 0 Å². The number of hydrogen-bond acceptors (Lipinski definition) is 7. The van der Waals surface area contributed by atoms with Crippen LogP contribution in [-0.4, -0.2) is 48.0 Å². The van der Waals surface area contributed by atoms with E-state index in [0.29, 0.717) is 11.2 Å². The summed E-state index contributed by atoms with van der Waals surface area (Å²) >= 11 is 1.84. The van der Waals surface area contributed by atoms with Crippen molar-refractivity contribution in [3.8, 4) is 9.85 Å². The third-order valence-corrected chi connectivity index (χ3v) is 3.41. The zero-order valence-electron chi connectivity index (χ0n) is 10.0. The van der Waals surface area contributed by atoms with Crippen molar-refractivity contribution in [3.63, 3.8) is 0 Å². The van der Waals surface area contributed by atoms with E-state index in [9.17, 15) is 10.2 Å². The van der Waals surface area contributed by atoms with Gasteiger partial charge in [-0.1, -0.05) is 5.92 Å². The van der Waals surface area contributed by atoms with Crippen LogP contribution in [0, 0.1) is 9.85 Å². The lowest BCUT2D eigenvalue weighted by molar-refractivity contribution is -0.0230. The minimum Gasteiger partial charge on any atom is -0.386 e. The van der Waals surface area contributed by atoms with Crippen LogP contribution in [0.4, 0.5) is 5.82 Å². The minimum atomic E-state index is -1.13. The van der Waals surface area contributed by atoms with E-state index in [1.807, 2.05) is 22.6 Å². The Balaban J connectivity index is 2.03. The smallest absolute Gasteiger partial charge is 0.167 e. The molecule has 20 heavy (non-hydrogen) atoms. The van der Waals surface area contributed by atoms with Crippen LogP contribution < -0.4 is 5.73 Å². The maximum atomic E-state index is 10.1. The van der Waals surface area contributed by atoms with E-state index in [-0.39, 0.29) is 5.82 Å². The van der Waals surface area contributed by atoms with Crippen molar-refractivity contribution in [2.45, 2.75) is 24.5 Å². The van der Waals surface area contributed by atoms with Crippen molar-refractivity contribution in [1.82, 2.24) is 19.5 Å². The number of aliphatic hydroxyl groups is 2. The molecule has 4 atom stereocenters. The Kier molecular flexibility index (Phi) is 3.47. The molecular weight excluding hydrogens is 377 g/mol. The van der Waals surface area contributed by atoms with Crippen LogP contribution >= 0.6 is 22.6 Å². The first-order valence-corrected chi connectivity index (χ1v) is 6.77. The number of aliphatic hydroxyl groups excluding tert-OH is 2. The number of fused-ring (bicyclic) bond motifs is 1. The van der Waals surface area contributed by atoms with Gasteiger partial charge in [0.1, 0.15) is 30.2 Å². The molecule has 0 saturated carbocycles. The molecular formula is C11H10IN5O3. The zero-order chi connectivity index (χ0) is 14.3. The lowest BCUT2D eigenvalue weighted by Crippen LogP contribution is -2.30. The van der Waals surface area contributed by atoms with Gasteiger partial charge in [-0.15, -0.1) is 0 Å². The van der Waals surface area contributed by atoms with Gasteiger partial charge in [0.15, 0.2) is 17.7 Å². The van der Waals surface area contributed by atoms with Gasteiger partial charge in [-0.25, -0.2) is 15.0 Å². The molecule has 0 amide bonds. The van der Waals surface area contributed by atoms with Gasteiger partial charge in [0.25, 0.3) is 0 Å². The quantitative estimate of drug-likeness (QED) is 0.443. The molecule has 0 spiro atoms. The van der Waals surface area contributed by atoms with Crippen LogP contribution in [0.2, 0.25) is 0 Å². The van der Waals surface area contributed by atoms with E-state index in [4.69, 9.17) is 10.5 Å². The molecule has 0 aliphatic carbocycles. The summed E-state index contributed by atoms with van der Waals surface area (Å²) in [7, 11) is 0. The second-order valence-corrected chi connectivity index (χ2v) is 4.79. The fourth-order valence-corrected chi connectivity index (χ4v) is 2.43. The molecule has 0 unspecified atom stereocenters. The Morgan fingerprint density at radius 2 is 2.10 bits per heavy atom. The first-order chi connectivity index (χ1) is 9.63. The third kappa shape index (κ3) is 2.01. The number of nitrogens with zero attached hydrogens (tertiary/aromatic N) is 4. The molecule has 104 valence electrons. The highest BCUT2D eigenvalue weighted by Crippen LogP contribution is 2.31. The van der Waals surface area contributed by atoms with Crippen LogP contribution in [0.5, 0.6) is 0 Å². The van der Waals surface area contributed by atoms with Crippen LogP contribution in [0.25, 0.3) is 11.2 Å². The van der Waals surface area contributed by atoms with Crippen LogP contribution in [0.15, 0.2) is 12.7 Å². The molecule has 1 aliphatic rings. The Hall–Kier alpha value is -1.48. The molecule has 8 nitrogen and oxygen atoms in total. The van der Waals surface area contributed by atoms with Gasteiger partial charge >= 0.3 is 0 Å². The number of nitrogens with two attached hydrogens (primary N) is 1. The van der Waals surface area contributed by atoms with Crippen molar-refractivity contribution in [2.24, 2.45) is 0 Å². The first kappa shape index (κ1) is 13.5. The molecule has 4 N–H and O–H groups in total. The van der Waals surface area contributed by atoms with E-state index < -0.39 is 24.5 Å². The molecule has 2 aromatic heterocycles. The number of hydrogen-bond donors (Lipinski definition) is 3. The first-order valence-electron chi connectivity index (χ1n) is 5.69. The van der Waals surface area contributed by atoms with E-state index in [2.05, 4.69) is 24.8 Å². The van der Waals surface area contributed by atoms with Gasteiger partial charge in [0, 0.05) is 22.6 Å². The number of nitrogen functional groups attached to an aromatic ring is 1. The van der Waals surface area contributed by atoms with Crippen LogP contribution in [-0.2, 0) is 4.74 Å². The number of ether oxygens (including phenoxy) is 1. The molecule has 1 fully saturated rings. The maximum Gasteiger partial charge on any atom is 0.167 e. The second-order valence-electron chi connectivity index (χ2n) is 4.25. The summed E-state index contributed by atoms with van der Waals surface area (Å²) in [5, 5.41) is 20.0. The number of anilines is 1. The van der Waals surface area contributed by atoms with Crippen molar-refractivity contribution in [3.05, 3.63) is 12.7 Å². The van der Waals surface area contributed by atoms with Gasteiger partial charge in [-0.05, 0) is 3.93 Å². The van der Waals surface area contributed by atoms with Crippen molar-refractivity contribution in [1.29, 1.82) is 0 Å². The molecule has 1 saturated heterocycles. The van der Waals surface area contributed by atoms with E-state index in [0.717, 1.165) is 0 Å². The minimum absolute atomic E-state index is 0.241. The topological polar surface area (TPSA) is 119 Å². The molecule has 1 aliphatic heterocycles. The Morgan fingerprint density at radius 1 is 1.30 bits per heavy atom. The summed E-state index contributed by atoms with van der Waals surface area (Å²) < 4.78 is 9.70. The largest absolute Gasteiger partial charge is 0.386 e. The third-order valence-electron chi connectivity index (χ3n) is 3.10. The SMILES string of the molecule is Nc1ncnc2c1ncn2[C@@H]1O[C@H](C#CI)[C@@H](O)[C@H]1O. The molecule has 9 heteroatoms. The molecule has 2 aromatic rings. The van der Waals surface area contributed by atoms with Crippen LogP contribution in [0.3, 0.4) is 0 Å². The summed E-state index contributed by atoms with van der Waals surface area (Å²) in [6, 6.07) is 0. The summed E-state index contributed by atoms with van der Waals surface area (Å²) in [4.78, 5) is 12.0. The Labute approximate surface area is 127 Å². The van der Waals surface area contributed by atoms with Crippen molar-refractivity contribution >= 4 is 39.6 Å². The molecule has 0 aromatic carbocycles. The lowest BCUT2D eigenvalue weighted by atomic mass is 10.1. The summed E-state index contributed by atoms with van der Waals surface area (Å²) in [5.41, 5.74) is 6.55. The standard InChI is InChI=1S/C11H10IN5O3/c12-2-1-5-7(18)8(19)11(20-5)17-4-16-6-9(13)14-3-15-10(6)17/h3-5,7-8,11,18-19H,(H2,13,14,15)/t5-,7-,8-,11-/m1/s1. The van der Waals surface area contributed by atoms with Crippen molar-refractivity contribution < 1.29 is 14.9 Å². The fraction of sp³-hybridized carbons (Fsp3) is 0.364. The highest BCUT2D eigenvalue weighted by molar-refractivity contribution is 14.1. The van der Waals surface area contributed by atoms with Gasteiger partial charge < -0.3 is 20.7 Å². The Bertz CT molecular complexity index is 709. The maximum absolute atomic E-state index is 10.1. The molecule has 0 radical (unpaired) electrons. The molecule has 3 heterocycles. The average molecular weight is 387 g/mol. The monoisotopic (exact) mass is 387 g/mol. The van der Waals surface area contributed by atoms with Gasteiger partial charge in [-0.2, -0.15) is 0 Å². The highest BCUT2D eigenvalue weighted by Gasteiger charge is 2.43. The Morgan fingerprint density at radius 3 is 2.85 bits per heavy atom. The van der Waals surface area contributed by atoms with E-state index in [1.165, 1.54) is 17.2 Å². The predicted octanol–water partition coefficient (Wildman–Crippen LogP) is -0.576. The number of aromatic nitrogens is 4. The van der Waals surface area contributed by atoms with E-state index >= 15 is 0 Å². The summed E-state index contributed by atoms with van der Waals surface area (Å²) in [6.45, 7) is 0. The zero-order valence-corrected chi connectivity index (χ0v) is 12.2.